The molecule has 0 unspecified atom stereocenters. The van der Waals surface area contributed by atoms with Crippen LogP contribution in [0.5, 0.6) is 0 Å². The van der Waals surface area contributed by atoms with Crippen molar-refractivity contribution in [3.63, 3.8) is 0 Å². The Kier molecular flexibility index (Phi) is 8.76. The number of hydrogen-bond donors (Lipinski definition) is 1. The van der Waals surface area contributed by atoms with Crippen LogP contribution in [0.3, 0.4) is 0 Å². The number of anilines is 1. The molecule has 0 radical (unpaired) electrons. The predicted molar refractivity (Wildman–Crippen MR) is 122 cm³/mol. The molecule has 146 valence electrons. The van der Waals surface area contributed by atoms with Gasteiger partial charge in [-0.05, 0) is 38.9 Å². The molecular weight excluding hydrogens is 461 g/mol. The van der Waals surface area contributed by atoms with Crippen LogP contribution in [-0.4, -0.2) is 68.6 Å². The standard InChI is InChI=1S/C19H30ClN5.HI/c1-3-21-19(25-9-4-5-10-25)22-15-16-17(20)7-6-8-18(16)24-13-11-23(2)12-14-24;/h6-8H,3-5,9-15H2,1-2H3,(H,21,22);1H. The highest BCUT2D eigenvalue weighted by Gasteiger charge is 2.19. The summed E-state index contributed by atoms with van der Waals surface area (Å²) in [7, 11) is 2.18. The van der Waals surface area contributed by atoms with E-state index in [0.29, 0.717) is 6.54 Å². The van der Waals surface area contributed by atoms with Crippen LogP contribution in [0.4, 0.5) is 5.69 Å². The molecule has 1 aromatic carbocycles. The lowest BCUT2D eigenvalue weighted by Gasteiger charge is -2.35. The molecule has 26 heavy (non-hydrogen) atoms. The van der Waals surface area contributed by atoms with E-state index >= 15 is 0 Å². The fraction of sp³-hybridized carbons (Fsp3) is 0.632. The van der Waals surface area contributed by atoms with Crippen molar-refractivity contribution in [1.29, 1.82) is 0 Å². The van der Waals surface area contributed by atoms with E-state index in [4.69, 9.17) is 16.6 Å². The molecule has 2 saturated heterocycles. The molecule has 0 saturated carbocycles. The molecular formula is C19H31ClIN5. The zero-order valence-corrected chi connectivity index (χ0v) is 19.0. The van der Waals surface area contributed by atoms with Crippen molar-refractivity contribution in [2.75, 3.05) is 57.8 Å². The molecule has 5 nitrogen and oxygen atoms in total. The number of piperazine rings is 1. The van der Waals surface area contributed by atoms with E-state index < -0.39 is 0 Å². The van der Waals surface area contributed by atoms with Crippen molar-refractivity contribution < 1.29 is 0 Å². The highest BCUT2D eigenvalue weighted by Crippen LogP contribution is 2.29. The zero-order valence-electron chi connectivity index (χ0n) is 15.9. The lowest BCUT2D eigenvalue weighted by Crippen LogP contribution is -2.44. The molecule has 2 heterocycles. The second kappa shape index (κ2) is 10.6. The van der Waals surface area contributed by atoms with Gasteiger partial charge in [0.15, 0.2) is 5.96 Å². The molecule has 0 atom stereocenters. The summed E-state index contributed by atoms with van der Waals surface area (Å²) in [6.07, 6.45) is 2.51. The molecule has 2 fully saturated rings. The van der Waals surface area contributed by atoms with Gasteiger partial charge in [0.25, 0.3) is 0 Å². The number of halogens is 2. The Labute approximate surface area is 179 Å². The molecule has 0 amide bonds. The predicted octanol–water partition coefficient (Wildman–Crippen LogP) is 3.27. The van der Waals surface area contributed by atoms with Gasteiger partial charge in [0, 0.05) is 62.1 Å². The second-order valence-electron chi connectivity index (χ2n) is 6.89. The third-order valence-electron chi connectivity index (χ3n) is 5.07. The Balaban J connectivity index is 0.00000243. The summed E-state index contributed by atoms with van der Waals surface area (Å²) in [5.41, 5.74) is 2.38. The second-order valence-corrected chi connectivity index (χ2v) is 7.30. The number of nitrogens with one attached hydrogen (secondary N) is 1. The molecule has 0 aliphatic carbocycles. The summed E-state index contributed by atoms with van der Waals surface area (Å²) < 4.78 is 0. The maximum atomic E-state index is 6.56. The van der Waals surface area contributed by atoms with Crippen LogP contribution in [0, 0.1) is 0 Å². The molecule has 2 aliphatic rings. The number of hydrogen-bond acceptors (Lipinski definition) is 3. The highest BCUT2D eigenvalue weighted by atomic mass is 127. The van der Waals surface area contributed by atoms with E-state index in [9.17, 15) is 0 Å². The third kappa shape index (κ3) is 5.39. The van der Waals surface area contributed by atoms with E-state index in [0.717, 1.165) is 62.4 Å². The fourth-order valence-corrected chi connectivity index (χ4v) is 3.79. The first kappa shape index (κ1) is 21.6. The monoisotopic (exact) mass is 491 g/mol. The minimum Gasteiger partial charge on any atom is -0.369 e. The maximum Gasteiger partial charge on any atom is 0.194 e. The smallest absolute Gasteiger partial charge is 0.194 e. The Bertz CT molecular complexity index is 596. The van der Waals surface area contributed by atoms with Crippen molar-refractivity contribution in [3.8, 4) is 0 Å². The van der Waals surface area contributed by atoms with Gasteiger partial charge >= 0.3 is 0 Å². The molecule has 7 heteroatoms. The van der Waals surface area contributed by atoms with E-state index in [2.05, 4.69) is 46.1 Å². The minimum atomic E-state index is 0. The van der Waals surface area contributed by atoms with E-state index in [-0.39, 0.29) is 24.0 Å². The average molecular weight is 492 g/mol. The lowest BCUT2D eigenvalue weighted by molar-refractivity contribution is 0.312. The highest BCUT2D eigenvalue weighted by molar-refractivity contribution is 14.0. The van der Waals surface area contributed by atoms with Crippen molar-refractivity contribution in [3.05, 3.63) is 28.8 Å². The van der Waals surface area contributed by atoms with Crippen molar-refractivity contribution >= 4 is 47.2 Å². The SMILES string of the molecule is CCNC(=NCc1c(Cl)cccc1N1CCN(C)CC1)N1CCCC1.I. The molecule has 2 aliphatic heterocycles. The van der Waals surface area contributed by atoms with Crippen LogP contribution >= 0.6 is 35.6 Å². The summed E-state index contributed by atoms with van der Waals surface area (Å²) in [6, 6.07) is 6.22. The molecule has 1 aromatic rings. The van der Waals surface area contributed by atoms with Gasteiger partial charge in [-0.15, -0.1) is 24.0 Å². The summed E-state index contributed by atoms with van der Waals surface area (Å²) in [5.74, 6) is 1.02. The van der Waals surface area contributed by atoms with E-state index in [1.54, 1.807) is 0 Å². The van der Waals surface area contributed by atoms with Gasteiger partial charge < -0.3 is 20.0 Å². The summed E-state index contributed by atoms with van der Waals surface area (Å²) in [6.45, 7) is 10.1. The molecule has 3 rings (SSSR count). The largest absolute Gasteiger partial charge is 0.369 e. The topological polar surface area (TPSA) is 34.1 Å². The summed E-state index contributed by atoms with van der Waals surface area (Å²) >= 11 is 6.56. The maximum absolute atomic E-state index is 6.56. The number of aliphatic imine (C=N–C) groups is 1. The summed E-state index contributed by atoms with van der Waals surface area (Å²) in [5, 5.41) is 4.25. The molecule has 0 aromatic heterocycles. The fourth-order valence-electron chi connectivity index (χ4n) is 3.56. The van der Waals surface area contributed by atoms with E-state index in [1.807, 2.05) is 6.07 Å². The Morgan fingerprint density at radius 3 is 2.46 bits per heavy atom. The minimum absolute atomic E-state index is 0. The first-order valence-corrected chi connectivity index (χ1v) is 9.81. The van der Waals surface area contributed by atoms with Crippen LogP contribution in [0.1, 0.15) is 25.3 Å². The van der Waals surface area contributed by atoms with Gasteiger partial charge in [0.05, 0.1) is 6.54 Å². The number of guanidine groups is 1. The van der Waals surface area contributed by atoms with Gasteiger partial charge in [-0.25, -0.2) is 4.99 Å². The van der Waals surface area contributed by atoms with Crippen LogP contribution in [-0.2, 0) is 6.54 Å². The average Bonchev–Trinajstić information content (AvgIpc) is 3.14. The Morgan fingerprint density at radius 2 is 1.81 bits per heavy atom. The van der Waals surface area contributed by atoms with Crippen LogP contribution in [0.15, 0.2) is 23.2 Å². The van der Waals surface area contributed by atoms with Gasteiger partial charge in [-0.3, -0.25) is 0 Å². The normalized spacial score (nSPS) is 18.8. The number of benzene rings is 1. The van der Waals surface area contributed by atoms with E-state index in [1.165, 1.54) is 18.5 Å². The lowest BCUT2D eigenvalue weighted by atomic mass is 10.1. The zero-order chi connectivity index (χ0) is 17.6. The van der Waals surface area contributed by atoms with Gasteiger partial charge in [0.1, 0.15) is 0 Å². The first-order valence-electron chi connectivity index (χ1n) is 9.43. The van der Waals surface area contributed by atoms with Gasteiger partial charge in [0.2, 0.25) is 0 Å². The number of likely N-dealkylation sites (N-methyl/N-ethyl adjacent to an activating group) is 1. The quantitative estimate of drug-likeness (QED) is 0.398. The first-order chi connectivity index (χ1) is 12.2. The number of likely N-dealkylation sites (tertiary alicyclic amines) is 1. The third-order valence-corrected chi connectivity index (χ3v) is 5.42. The summed E-state index contributed by atoms with van der Waals surface area (Å²) in [4.78, 5) is 12.1. The molecule has 0 spiro atoms. The molecule has 0 bridgehead atoms. The van der Waals surface area contributed by atoms with Crippen molar-refractivity contribution in [2.24, 2.45) is 4.99 Å². The Hall–Kier alpha value is -0.730. The molecule has 1 N–H and O–H groups in total. The van der Waals surface area contributed by atoms with Crippen molar-refractivity contribution in [1.82, 2.24) is 15.1 Å². The number of nitrogens with zero attached hydrogens (tertiary/aromatic N) is 4. The van der Waals surface area contributed by atoms with Gasteiger partial charge in [-0.2, -0.15) is 0 Å². The number of rotatable bonds is 4. The Morgan fingerprint density at radius 1 is 1.12 bits per heavy atom. The van der Waals surface area contributed by atoms with Crippen molar-refractivity contribution in [2.45, 2.75) is 26.3 Å². The van der Waals surface area contributed by atoms with Crippen LogP contribution in [0.25, 0.3) is 0 Å². The van der Waals surface area contributed by atoms with Crippen LogP contribution in [0.2, 0.25) is 5.02 Å². The van der Waals surface area contributed by atoms with Gasteiger partial charge in [-0.1, -0.05) is 17.7 Å². The van der Waals surface area contributed by atoms with Crippen LogP contribution < -0.4 is 10.2 Å².